The van der Waals surface area contributed by atoms with Gasteiger partial charge in [0.05, 0.1) is 38.4 Å². The van der Waals surface area contributed by atoms with Crippen LogP contribution in [0, 0.1) is 98.6 Å². The number of hydrogen-bond acceptors (Lipinski definition) is 7. The lowest BCUT2D eigenvalue weighted by Gasteiger charge is -2.62. The van der Waals surface area contributed by atoms with E-state index in [1.807, 2.05) is 13.8 Å². The fourth-order valence-electron chi connectivity index (χ4n) is 17.2. The molecule has 0 aromatic carbocycles. The van der Waals surface area contributed by atoms with Crippen molar-refractivity contribution in [1.29, 1.82) is 0 Å². The molecule has 1 amide bonds. The maximum atomic E-state index is 12.8. The van der Waals surface area contributed by atoms with Crippen LogP contribution in [0.15, 0.2) is 0 Å². The minimum Gasteiger partial charge on any atom is -0.469 e. The van der Waals surface area contributed by atoms with Crippen LogP contribution in [0.5, 0.6) is 0 Å². The maximum absolute atomic E-state index is 12.8. The first-order valence-corrected chi connectivity index (χ1v) is 23.3. The van der Waals surface area contributed by atoms with E-state index in [-0.39, 0.29) is 85.0 Å². The third-order valence-corrected chi connectivity index (χ3v) is 20.7. The van der Waals surface area contributed by atoms with Gasteiger partial charge in [-0.1, -0.05) is 69.7 Å². The molecule has 0 aliphatic heterocycles. The van der Waals surface area contributed by atoms with Crippen LogP contribution in [0.4, 0.5) is 0 Å². The van der Waals surface area contributed by atoms with Gasteiger partial charge in [-0.2, -0.15) is 0 Å². The van der Waals surface area contributed by atoms with E-state index in [0.29, 0.717) is 40.9 Å². The average molecular weight is 816 g/mol. The van der Waals surface area contributed by atoms with Crippen molar-refractivity contribution >= 4 is 11.9 Å². The predicted octanol–water partition coefficient (Wildman–Crippen LogP) is 9.97. The van der Waals surface area contributed by atoms with Crippen molar-refractivity contribution in [2.75, 3.05) is 21.3 Å². The summed E-state index contributed by atoms with van der Waals surface area (Å²) in [5, 5.41) is 34.5. The molecule has 3 N–H and O–H groups in total. The number of rotatable bonds is 5. The highest BCUT2D eigenvalue weighted by atomic mass is 16.7. The summed E-state index contributed by atoms with van der Waals surface area (Å²) in [6.45, 7) is 16.0. The smallest absolute Gasteiger partial charge is 0.308 e. The number of methoxy groups -OCH3 is 1. The zero-order valence-corrected chi connectivity index (χ0v) is 37.0. The zero-order valence-electron chi connectivity index (χ0n) is 37.0. The van der Waals surface area contributed by atoms with Crippen LogP contribution in [0.1, 0.15) is 166 Å². The van der Waals surface area contributed by atoms with E-state index in [0.717, 1.165) is 69.1 Å². The van der Waals surface area contributed by atoms with Crippen LogP contribution in [0.3, 0.4) is 0 Å². The Labute approximate surface area is 354 Å². The van der Waals surface area contributed by atoms with Crippen LogP contribution in [0.2, 0.25) is 0 Å². The second kappa shape index (κ2) is 17.5. The van der Waals surface area contributed by atoms with E-state index in [2.05, 4.69) is 34.6 Å². The standard InChI is InChI=1S/C24H41NO4.C24H40O3.2CH4/c1-14(22(28)25(4)29-5)18-8-9-19-17-7-6-15-12-16(26)10-11-23(15,2)20(17)13-21(27)24(18,19)3;1-14-10-11-23(3)16(12-14)6-7-17-19-9-8-18(15(2)22(26)27-5)24(19,4)21(25)13-20(17)23;;/h14-21,26-27H,6-13H2,1-5H3;14-21,25H,6-13H2,1-5H3;2*1H4/t14?,15-,16-,17?,18-,19?,20?,21+,23+,24-;14-,15?,16-,17?,18-,19?,20?,21+,23+,24-;;/m11../s1. The molecule has 0 bridgehead atoms. The zero-order chi connectivity index (χ0) is 40.7. The lowest BCUT2D eigenvalue weighted by atomic mass is 9.43. The van der Waals surface area contributed by atoms with Gasteiger partial charge in [0.2, 0.25) is 5.91 Å². The Morgan fingerprint density at radius 1 is 0.621 bits per heavy atom. The first-order chi connectivity index (χ1) is 26.4. The molecule has 0 aromatic heterocycles. The van der Waals surface area contributed by atoms with Crippen LogP contribution in [-0.2, 0) is 19.2 Å². The molecular formula is C50H89NO7. The monoisotopic (exact) mass is 816 g/mol. The molecule has 8 saturated carbocycles. The van der Waals surface area contributed by atoms with E-state index in [9.17, 15) is 24.9 Å². The van der Waals surface area contributed by atoms with Crippen LogP contribution in [0.25, 0.3) is 0 Å². The number of aliphatic hydroxyl groups excluding tert-OH is 3. The quantitative estimate of drug-likeness (QED) is 0.187. The minimum atomic E-state index is -0.355. The summed E-state index contributed by atoms with van der Waals surface area (Å²) in [7, 11) is 4.71. The van der Waals surface area contributed by atoms with Crippen molar-refractivity contribution < 1.29 is 34.5 Å². The number of carbonyl (C=O) groups is 2. The van der Waals surface area contributed by atoms with Gasteiger partial charge in [0.15, 0.2) is 0 Å². The number of carbonyl (C=O) groups excluding carboxylic acids is 2. The van der Waals surface area contributed by atoms with Gasteiger partial charge in [-0.15, -0.1) is 0 Å². The van der Waals surface area contributed by atoms with Gasteiger partial charge in [0, 0.05) is 23.8 Å². The predicted molar refractivity (Wildman–Crippen MR) is 232 cm³/mol. The van der Waals surface area contributed by atoms with Crippen LogP contribution >= 0.6 is 0 Å². The van der Waals surface area contributed by atoms with Crippen molar-refractivity contribution in [3.05, 3.63) is 0 Å². The van der Waals surface area contributed by atoms with Crippen molar-refractivity contribution in [2.45, 2.75) is 184 Å². The van der Waals surface area contributed by atoms with E-state index >= 15 is 0 Å². The summed E-state index contributed by atoms with van der Waals surface area (Å²) in [5.41, 5.74) is 0.353. The molecule has 8 aliphatic carbocycles. The second-order valence-electron chi connectivity index (χ2n) is 22.3. The van der Waals surface area contributed by atoms with Gasteiger partial charge in [-0.25, -0.2) is 5.06 Å². The SMILES string of the molecule is C.C.COC(=O)C(C)[C@H]1CCC2C3CC[C@@H]4C[C@H](C)CC[C@]4(C)C3C[C@H](O)[C@@]21C.CON(C)C(=O)C(C)[C@H]1CCC2C3CC[C@@H]4C[C@H](O)CC[C@]4(C)C3C[C@H](O)[C@@]21C. The molecule has 0 aromatic rings. The number of hydrogen-bond donors (Lipinski definition) is 3. The molecule has 0 spiro atoms. The van der Waals surface area contributed by atoms with Gasteiger partial charge >= 0.3 is 5.97 Å². The lowest BCUT2D eigenvalue weighted by molar-refractivity contribution is -0.188. The molecule has 8 fully saturated rings. The molecule has 8 aliphatic rings. The molecule has 8 rings (SSSR count). The Hall–Kier alpha value is -1.22. The molecule has 8 unspecified atom stereocenters. The van der Waals surface area contributed by atoms with Crippen molar-refractivity contribution in [2.24, 2.45) is 98.6 Å². The van der Waals surface area contributed by atoms with Gasteiger partial charge in [-0.05, 0) is 172 Å². The van der Waals surface area contributed by atoms with Crippen molar-refractivity contribution in [3.63, 3.8) is 0 Å². The van der Waals surface area contributed by atoms with E-state index in [1.165, 1.54) is 70.6 Å². The Balaban J connectivity index is 0.000000214. The topological polar surface area (TPSA) is 117 Å². The van der Waals surface area contributed by atoms with E-state index in [1.54, 1.807) is 7.05 Å². The normalized spacial score (nSPS) is 49.8. The number of esters is 1. The summed E-state index contributed by atoms with van der Waals surface area (Å²) in [4.78, 5) is 30.3. The van der Waals surface area contributed by atoms with Gasteiger partial charge in [-0.3, -0.25) is 14.4 Å². The fourth-order valence-corrected chi connectivity index (χ4v) is 17.2. The summed E-state index contributed by atoms with van der Waals surface area (Å²) >= 11 is 0. The highest BCUT2D eigenvalue weighted by molar-refractivity contribution is 5.77. The third kappa shape index (κ3) is 7.35. The number of aliphatic hydroxyl groups is 3. The third-order valence-electron chi connectivity index (χ3n) is 20.7. The van der Waals surface area contributed by atoms with Crippen LogP contribution < -0.4 is 0 Å². The number of fused-ring (bicyclic) bond motifs is 10. The number of amides is 1. The number of hydroxylamine groups is 2. The van der Waals surface area contributed by atoms with E-state index in [4.69, 9.17) is 9.57 Å². The molecule has 8 heteroatoms. The van der Waals surface area contributed by atoms with Crippen LogP contribution in [-0.4, -0.2) is 71.8 Å². The van der Waals surface area contributed by atoms with Gasteiger partial charge in [0.1, 0.15) is 0 Å². The Kier molecular flexibility index (Phi) is 14.4. The van der Waals surface area contributed by atoms with E-state index < -0.39 is 0 Å². The maximum Gasteiger partial charge on any atom is 0.308 e. The second-order valence-corrected chi connectivity index (χ2v) is 22.3. The first kappa shape index (κ1) is 47.8. The average Bonchev–Trinajstić information content (AvgIpc) is 3.73. The fraction of sp³-hybridized carbons (Fsp3) is 0.960. The number of ether oxygens (including phenoxy) is 1. The molecule has 58 heavy (non-hydrogen) atoms. The summed E-state index contributed by atoms with van der Waals surface area (Å²) in [5.74, 6) is 6.10. The van der Waals surface area contributed by atoms with Crippen molar-refractivity contribution in [1.82, 2.24) is 5.06 Å². The summed E-state index contributed by atoms with van der Waals surface area (Å²) < 4.78 is 5.07. The highest BCUT2D eigenvalue weighted by Gasteiger charge is 2.66. The Morgan fingerprint density at radius 2 is 1.09 bits per heavy atom. The minimum absolute atomic E-state index is 0. The Morgan fingerprint density at radius 3 is 1.57 bits per heavy atom. The first-order valence-electron chi connectivity index (χ1n) is 23.3. The van der Waals surface area contributed by atoms with Crippen molar-refractivity contribution in [3.8, 4) is 0 Å². The lowest BCUT2D eigenvalue weighted by Crippen LogP contribution is -2.59. The Bertz CT molecular complexity index is 1440. The number of nitrogens with zero attached hydrogens (tertiary/aromatic N) is 1. The molecule has 20 atom stereocenters. The summed E-state index contributed by atoms with van der Waals surface area (Å²) in [6.07, 6.45) is 17.6. The molecule has 8 nitrogen and oxygen atoms in total. The molecule has 336 valence electrons. The molecule has 0 saturated heterocycles. The largest absolute Gasteiger partial charge is 0.469 e. The molecule has 0 radical (unpaired) electrons. The molecular weight excluding hydrogens is 727 g/mol. The molecule has 0 heterocycles. The summed E-state index contributed by atoms with van der Waals surface area (Å²) in [6, 6.07) is 0. The van der Waals surface area contributed by atoms with Gasteiger partial charge < -0.3 is 20.1 Å². The van der Waals surface area contributed by atoms with Gasteiger partial charge in [0.25, 0.3) is 0 Å². The highest BCUT2D eigenvalue weighted by Crippen LogP contribution is 2.70.